The number of nitrogens with zero attached hydrogens (tertiary/aromatic N) is 4. The van der Waals surface area contributed by atoms with Gasteiger partial charge < -0.3 is 9.64 Å². The summed E-state index contributed by atoms with van der Waals surface area (Å²) < 4.78 is 43.9. The number of hydrogen-bond donors (Lipinski definition) is 1. The van der Waals surface area contributed by atoms with Gasteiger partial charge in [-0.3, -0.25) is 5.10 Å². The second-order valence-electron chi connectivity index (χ2n) is 7.82. The molecule has 0 bridgehead atoms. The van der Waals surface area contributed by atoms with Crippen LogP contribution in [0.25, 0.3) is 0 Å². The minimum Gasteiger partial charge on any atom is -0.493 e. The molecule has 164 valence electrons. The zero-order valence-corrected chi connectivity index (χ0v) is 17.4. The fourth-order valence-corrected chi connectivity index (χ4v) is 3.79. The van der Waals surface area contributed by atoms with E-state index in [2.05, 4.69) is 25.1 Å². The van der Waals surface area contributed by atoms with E-state index in [9.17, 15) is 13.2 Å². The summed E-state index contributed by atoms with van der Waals surface area (Å²) in [7, 11) is 0. The maximum Gasteiger partial charge on any atom is 0.416 e. The summed E-state index contributed by atoms with van der Waals surface area (Å²) in [4.78, 5) is 11.3. The number of nitrogens with one attached hydrogen (secondary N) is 1. The van der Waals surface area contributed by atoms with Crippen molar-refractivity contribution in [2.24, 2.45) is 0 Å². The Morgan fingerprint density at radius 1 is 1.13 bits per heavy atom. The SMILES string of the molecule is Cc1cc(C)nc(N2CC[C@@H](c3cc(CCOc4cccc(C(F)(F)F)c4)[nH]n3)C2)n1. The van der Waals surface area contributed by atoms with Gasteiger partial charge in [0.25, 0.3) is 0 Å². The Kier molecular flexibility index (Phi) is 5.84. The standard InChI is InChI=1S/C22H24F3N5O/c1-14-10-15(2)27-21(26-14)30-8-6-16(13-30)20-12-18(28-29-20)7-9-31-19-5-3-4-17(11-19)22(23,24)25/h3-5,10-12,16H,6-9,13H2,1-2H3,(H,28,29)/t16-/m1/s1. The van der Waals surface area contributed by atoms with Crippen molar-refractivity contribution in [1.29, 1.82) is 0 Å². The number of anilines is 1. The molecule has 1 saturated heterocycles. The summed E-state index contributed by atoms with van der Waals surface area (Å²) in [6, 6.07) is 8.88. The van der Waals surface area contributed by atoms with Gasteiger partial charge in [0.1, 0.15) is 5.75 Å². The third kappa shape index (κ3) is 5.15. The Balaban J connectivity index is 1.32. The lowest BCUT2D eigenvalue weighted by Crippen LogP contribution is -2.22. The normalized spacial score (nSPS) is 16.7. The molecule has 1 aliphatic rings. The molecule has 0 amide bonds. The van der Waals surface area contributed by atoms with Gasteiger partial charge in [0.15, 0.2) is 0 Å². The Morgan fingerprint density at radius 3 is 2.65 bits per heavy atom. The predicted octanol–water partition coefficient (Wildman–Crippen LogP) is 4.45. The molecule has 9 heteroatoms. The van der Waals surface area contributed by atoms with Crippen molar-refractivity contribution in [3.63, 3.8) is 0 Å². The summed E-state index contributed by atoms with van der Waals surface area (Å²) in [5.41, 5.74) is 3.05. The fourth-order valence-electron chi connectivity index (χ4n) is 3.79. The van der Waals surface area contributed by atoms with E-state index >= 15 is 0 Å². The van der Waals surface area contributed by atoms with Gasteiger partial charge in [-0.25, -0.2) is 9.97 Å². The Bertz CT molecular complexity index is 1030. The van der Waals surface area contributed by atoms with Gasteiger partial charge in [-0.15, -0.1) is 0 Å². The maximum atomic E-state index is 12.8. The van der Waals surface area contributed by atoms with E-state index < -0.39 is 11.7 Å². The molecule has 31 heavy (non-hydrogen) atoms. The van der Waals surface area contributed by atoms with Crippen molar-refractivity contribution in [3.8, 4) is 5.75 Å². The zero-order valence-electron chi connectivity index (χ0n) is 17.4. The van der Waals surface area contributed by atoms with Crippen LogP contribution in [0.5, 0.6) is 5.75 Å². The van der Waals surface area contributed by atoms with Crippen molar-refractivity contribution in [2.75, 3.05) is 24.6 Å². The molecule has 0 aliphatic carbocycles. The van der Waals surface area contributed by atoms with E-state index in [4.69, 9.17) is 4.74 Å². The molecule has 0 unspecified atom stereocenters. The van der Waals surface area contributed by atoms with Gasteiger partial charge in [0, 0.05) is 42.5 Å². The van der Waals surface area contributed by atoms with E-state index in [1.165, 1.54) is 12.1 Å². The van der Waals surface area contributed by atoms with Gasteiger partial charge in [0.2, 0.25) is 5.95 Å². The highest BCUT2D eigenvalue weighted by molar-refractivity contribution is 5.36. The number of aromatic nitrogens is 4. The minimum atomic E-state index is -4.38. The van der Waals surface area contributed by atoms with Gasteiger partial charge in [0.05, 0.1) is 17.9 Å². The Labute approximate surface area is 178 Å². The number of benzene rings is 1. The molecule has 1 N–H and O–H groups in total. The van der Waals surface area contributed by atoms with Gasteiger partial charge >= 0.3 is 6.18 Å². The first-order valence-corrected chi connectivity index (χ1v) is 10.2. The van der Waals surface area contributed by atoms with Crippen molar-refractivity contribution < 1.29 is 17.9 Å². The first-order chi connectivity index (χ1) is 14.8. The highest BCUT2D eigenvalue weighted by Crippen LogP contribution is 2.31. The van der Waals surface area contributed by atoms with Gasteiger partial charge in [-0.1, -0.05) is 6.07 Å². The molecule has 0 saturated carbocycles. The average Bonchev–Trinajstić information content (AvgIpc) is 3.36. The Hall–Kier alpha value is -3.10. The van der Waals surface area contributed by atoms with Crippen LogP contribution in [0.1, 0.15) is 40.7 Å². The largest absolute Gasteiger partial charge is 0.493 e. The van der Waals surface area contributed by atoms with Crippen LogP contribution in [-0.2, 0) is 12.6 Å². The van der Waals surface area contributed by atoms with E-state index in [0.29, 0.717) is 6.42 Å². The van der Waals surface area contributed by atoms with Crippen LogP contribution < -0.4 is 9.64 Å². The summed E-state index contributed by atoms with van der Waals surface area (Å²) in [5.74, 6) is 1.23. The van der Waals surface area contributed by atoms with Crippen LogP contribution in [0.15, 0.2) is 36.4 Å². The maximum absolute atomic E-state index is 12.8. The first-order valence-electron chi connectivity index (χ1n) is 10.2. The topological polar surface area (TPSA) is 66.9 Å². The minimum absolute atomic E-state index is 0.203. The number of alkyl halides is 3. The van der Waals surface area contributed by atoms with E-state index in [0.717, 1.165) is 60.4 Å². The second-order valence-corrected chi connectivity index (χ2v) is 7.82. The first kappa shape index (κ1) is 21.1. The van der Waals surface area contributed by atoms with Gasteiger partial charge in [-0.2, -0.15) is 18.3 Å². The summed E-state index contributed by atoms with van der Waals surface area (Å²) >= 11 is 0. The molecule has 6 nitrogen and oxygen atoms in total. The number of halogens is 3. The number of aromatic amines is 1. The molecule has 0 spiro atoms. The molecular formula is C22H24F3N5O. The van der Waals surface area contributed by atoms with E-state index in [1.54, 1.807) is 0 Å². The molecule has 1 fully saturated rings. The molecule has 1 aromatic carbocycles. The summed E-state index contributed by atoms with van der Waals surface area (Å²) in [5, 5.41) is 7.45. The van der Waals surface area contributed by atoms with Crippen LogP contribution in [-0.4, -0.2) is 39.9 Å². The molecule has 4 rings (SSSR count). The number of rotatable bonds is 6. The van der Waals surface area contributed by atoms with Crippen molar-refractivity contribution in [2.45, 2.75) is 38.8 Å². The smallest absolute Gasteiger partial charge is 0.416 e. The predicted molar refractivity (Wildman–Crippen MR) is 110 cm³/mol. The highest BCUT2D eigenvalue weighted by atomic mass is 19.4. The van der Waals surface area contributed by atoms with Crippen LogP contribution >= 0.6 is 0 Å². The third-order valence-electron chi connectivity index (χ3n) is 5.31. The summed E-state index contributed by atoms with van der Waals surface area (Å²) in [6.07, 6.45) is -2.89. The molecule has 1 aliphatic heterocycles. The van der Waals surface area contributed by atoms with Crippen molar-refractivity contribution in [3.05, 3.63) is 64.7 Å². The molecule has 1 atom stereocenters. The molecular weight excluding hydrogens is 407 g/mol. The molecule has 0 radical (unpaired) electrons. The van der Waals surface area contributed by atoms with Crippen LogP contribution in [0, 0.1) is 13.8 Å². The van der Waals surface area contributed by atoms with Crippen molar-refractivity contribution in [1.82, 2.24) is 20.2 Å². The third-order valence-corrected chi connectivity index (χ3v) is 5.31. The van der Waals surface area contributed by atoms with E-state index in [-0.39, 0.29) is 18.3 Å². The zero-order chi connectivity index (χ0) is 22.0. The number of ether oxygens (including phenoxy) is 1. The molecule has 3 heterocycles. The van der Waals surface area contributed by atoms with Crippen LogP contribution in [0.2, 0.25) is 0 Å². The Morgan fingerprint density at radius 2 is 1.90 bits per heavy atom. The fraction of sp³-hybridized carbons (Fsp3) is 0.409. The van der Waals surface area contributed by atoms with Crippen LogP contribution in [0.3, 0.4) is 0 Å². The van der Waals surface area contributed by atoms with Crippen LogP contribution in [0.4, 0.5) is 19.1 Å². The lowest BCUT2D eigenvalue weighted by molar-refractivity contribution is -0.137. The van der Waals surface area contributed by atoms with Gasteiger partial charge in [-0.05, 0) is 50.6 Å². The van der Waals surface area contributed by atoms with E-state index in [1.807, 2.05) is 26.0 Å². The summed E-state index contributed by atoms with van der Waals surface area (Å²) in [6.45, 7) is 5.86. The lowest BCUT2D eigenvalue weighted by Gasteiger charge is -2.16. The molecule has 2 aromatic heterocycles. The monoisotopic (exact) mass is 431 g/mol. The lowest BCUT2D eigenvalue weighted by atomic mass is 10.0. The number of H-pyrrole nitrogens is 1. The molecule has 3 aromatic rings. The highest BCUT2D eigenvalue weighted by Gasteiger charge is 2.30. The second kappa shape index (κ2) is 8.56. The quantitative estimate of drug-likeness (QED) is 0.625. The number of aryl methyl sites for hydroxylation is 2. The number of hydrogen-bond acceptors (Lipinski definition) is 5. The van der Waals surface area contributed by atoms with Crippen molar-refractivity contribution >= 4 is 5.95 Å². The average molecular weight is 431 g/mol.